The van der Waals surface area contributed by atoms with Crippen LogP contribution in [0.4, 0.5) is 0 Å². The summed E-state index contributed by atoms with van der Waals surface area (Å²) in [6.45, 7) is 0. The Hall–Kier alpha value is -3.76. The molecule has 162 valence electrons. The molecule has 4 rings (SSSR count). The molecule has 1 amide bonds. The molecule has 2 unspecified atom stereocenters. The number of benzene rings is 2. The van der Waals surface area contributed by atoms with Gasteiger partial charge in [-0.1, -0.05) is 36.8 Å². The van der Waals surface area contributed by atoms with Crippen molar-refractivity contribution < 1.29 is 23.9 Å². The summed E-state index contributed by atoms with van der Waals surface area (Å²) in [6, 6.07) is 12.7. The van der Waals surface area contributed by atoms with Crippen LogP contribution in [-0.2, 0) is 25.5 Å². The third-order valence-corrected chi connectivity index (χ3v) is 5.85. The van der Waals surface area contributed by atoms with E-state index in [2.05, 4.69) is 9.72 Å². The third kappa shape index (κ3) is 3.59. The van der Waals surface area contributed by atoms with Crippen LogP contribution in [0.5, 0.6) is 0 Å². The number of H-pyrrole nitrogens is 1. The minimum Gasteiger partial charge on any atom is -0.467 e. The zero-order valence-electron chi connectivity index (χ0n) is 17.1. The average molecular weight is 451 g/mol. The molecule has 3 aromatic rings. The molecular formula is C24H19ClN2O5. The molecule has 0 fully saturated rings. The molecule has 2 aromatic carbocycles. The minimum atomic E-state index is -0.853. The molecule has 0 bridgehead atoms. The van der Waals surface area contributed by atoms with Crippen molar-refractivity contribution in [3.8, 4) is 12.5 Å². The number of nitrogens with zero attached hydrogens (tertiary/aromatic N) is 1. The van der Waals surface area contributed by atoms with Crippen LogP contribution in [-0.4, -0.2) is 46.8 Å². The highest BCUT2D eigenvalue weighted by Crippen LogP contribution is 2.41. The summed E-state index contributed by atoms with van der Waals surface area (Å²) in [5.41, 5.74) is 3.54. The van der Waals surface area contributed by atoms with E-state index in [0.29, 0.717) is 5.56 Å². The van der Waals surface area contributed by atoms with Crippen molar-refractivity contribution in [2.24, 2.45) is 0 Å². The Labute approximate surface area is 189 Å². The molecule has 2 atom stereocenters. The SMILES string of the molecule is C#COC(=O)c1ccc(C2c3[nH]c4ccccc4c3CC(C(=O)OC)N2C(=O)CCl)cc1. The van der Waals surface area contributed by atoms with Crippen molar-refractivity contribution in [3.63, 3.8) is 0 Å². The molecule has 0 saturated carbocycles. The van der Waals surface area contributed by atoms with Crippen molar-refractivity contribution in [1.29, 1.82) is 0 Å². The van der Waals surface area contributed by atoms with Crippen LogP contribution in [0, 0.1) is 12.5 Å². The van der Waals surface area contributed by atoms with Gasteiger partial charge in [0.25, 0.3) is 0 Å². The van der Waals surface area contributed by atoms with Crippen LogP contribution >= 0.6 is 11.6 Å². The summed E-state index contributed by atoms with van der Waals surface area (Å²) < 4.78 is 9.60. The molecule has 8 heteroatoms. The van der Waals surface area contributed by atoms with Crippen LogP contribution < -0.4 is 0 Å². The van der Waals surface area contributed by atoms with E-state index < -0.39 is 29.9 Å². The Morgan fingerprint density at radius 1 is 1.19 bits per heavy atom. The largest absolute Gasteiger partial charge is 0.467 e. The Morgan fingerprint density at radius 2 is 1.91 bits per heavy atom. The first-order valence-corrected chi connectivity index (χ1v) is 10.3. The smallest absolute Gasteiger partial charge is 0.352 e. The first-order chi connectivity index (χ1) is 15.5. The zero-order chi connectivity index (χ0) is 22.8. The van der Waals surface area contributed by atoms with Crippen molar-refractivity contribution in [3.05, 3.63) is 70.9 Å². The first-order valence-electron chi connectivity index (χ1n) is 9.81. The quantitative estimate of drug-likeness (QED) is 0.374. The topological polar surface area (TPSA) is 88.7 Å². The average Bonchev–Trinajstić information content (AvgIpc) is 3.20. The van der Waals surface area contributed by atoms with Gasteiger partial charge in [-0.2, -0.15) is 0 Å². The van der Waals surface area contributed by atoms with Gasteiger partial charge in [-0.25, -0.2) is 9.59 Å². The lowest BCUT2D eigenvalue weighted by molar-refractivity contribution is -0.154. The van der Waals surface area contributed by atoms with Crippen LogP contribution in [0.3, 0.4) is 0 Å². The fourth-order valence-electron chi connectivity index (χ4n) is 4.25. The normalized spacial score (nSPS) is 17.3. The van der Waals surface area contributed by atoms with E-state index in [1.54, 1.807) is 24.3 Å². The van der Waals surface area contributed by atoms with E-state index in [-0.39, 0.29) is 17.9 Å². The number of rotatable bonds is 4. The van der Waals surface area contributed by atoms with Gasteiger partial charge in [0.05, 0.1) is 18.7 Å². The van der Waals surface area contributed by atoms with Crippen molar-refractivity contribution in [1.82, 2.24) is 9.88 Å². The highest BCUT2D eigenvalue weighted by atomic mass is 35.5. The molecular weight excluding hydrogens is 432 g/mol. The number of terminal acetylenes is 1. The predicted octanol–water partition coefficient (Wildman–Crippen LogP) is 3.17. The van der Waals surface area contributed by atoms with E-state index in [1.807, 2.05) is 30.4 Å². The lowest BCUT2D eigenvalue weighted by Gasteiger charge is -2.40. The van der Waals surface area contributed by atoms with Crippen molar-refractivity contribution in [2.45, 2.75) is 18.5 Å². The molecule has 0 radical (unpaired) electrons. The van der Waals surface area contributed by atoms with E-state index >= 15 is 0 Å². The van der Waals surface area contributed by atoms with Gasteiger partial charge >= 0.3 is 11.9 Å². The molecule has 1 N–H and O–H groups in total. The van der Waals surface area contributed by atoms with Gasteiger partial charge in [0.15, 0.2) is 0 Å². The summed E-state index contributed by atoms with van der Waals surface area (Å²) in [7, 11) is 1.29. The summed E-state index contributed by atoms with van der Waals surface area (Å²) in [5, 5.41) is 0.966. The second kappa shape index (κ2) is 8.77. The van der Waals surface area contributed by atoms with Gasteiger partial charge in [-0.05, 0) is 29.3 Å². The minimum absolute atomic E-state index is 0.263. The number of aromatic nitrogens is 1. The number of para-hydroxylation sites is 1. The number of carbonyl (C=O) groups is 3. The molecule has 1 aromatic heterocycles. The first kappa shape index (κ1) is 21.5. The maximum atomic E-state index is 12.9. The molecule has 2 heterocycles. The number of alkyl halides is 1. The number of aromatic amines is 1. The van der Waals surface area contributed by atoms with Gasteiger partial charge in [0.2, 0.25) is 5.91 Å². The molecule has 0 saturated heterocycles. The summed E-state index contributed by atoms with van der Waals surface area (Å²) in [4.78, 5) is 42.4. The Bertz CT molecular complexity index is 1240. The summed E-state index contributed by atoms with van der Waals surface area (Å²) in [6.07, 6.45) is 7.17. The number of nitrogens with one attached hydrogen (secondary N) is 1. The van der Waals surface area contributed by atoms with Crippen LogP contribution in [0.15, 0.2) is 48.5 Å². The van der Waals surface area contributed by atoms with Crippen LogP contribution in [0.1, 0.15) is 33.2 Å². The third-order valence-electron chi connectivity index (χ3n) is 5.62. The Morgan fingerprint density at radius 3 is 2.56 bits per heavy atom. The molecule has 0 aliphatic carbocycles. The number of amides is 1. The van der Waals surface area contributed by atoms with Crippen molar-refractivity contribution in [2.75, 3.05) is 13.0 Å². The lowest BCUT2D eigenvalue weighted by atomic mass is 9.87. The molecule has 0 spiro atoms. The monoisotopic (exact) mass is 450 g/mol. The van der Waals surface area contributed by atoms with Gasteiger partial charge in [-0.3, -0.25) is 4.79 Å². The maximum Gasteiger partial charge on any atom is 0.352 e. The van der Waals surface area contributed by atoms with E-state index in [9.17, 15) is 14.4 Å². The summed E-state index contributed by atoms with van der Waals surface area (Å²) >= 11 is 5.93. The van der Waals surface area contributed by atoms with Gasteiger partial charge < -0.3 is 19.4 Å². The van der Waals surface area contributed by atoms with E-state index in [0.717, 1.165) is 22.2 Å². The lowest BCUT2D eigenvalue weighted by Crippen LogP contribution is -2.52. The second-order valence-electron chi connectivity index (χ2n) is 7.27. The number of methoxy groups -OCH3 is 1. The maximum absolute atomic E-state index is 12.9. The number of fused-ring (bicyclic) bond motifs is 3. The van der Waals surface area contributed by atoms with Crippen molar-refractivity contribution >= 4 is 40.3 Å². The van der Waals surface area contributed by atoms with E-state index in [4.69, 9.17) is 22.8 Å². The standard InChI is InChI=1S/C24H19ClN2O5/c1-3-32-23(29)15-10-8-14(9-11-15)22-21-17(16-6-4-5-7-18(16)26-21)12-19(24(30)31-2)27(22)20(28)13-25/h1,4-11,19,22,26H,12-13H2,2H3. The second-order valence-corrected chi connectivity index (χ2v) is 7.54. The van der Waals surface area contributed by atoms with E-state index in [1.165, 1.54) is 12.0 Å². The summed E-state index contributed by atoms with van der Waals surface area (Å²) in [5.74, 6) is -1.90. The number of hydrogen-bond donors (Lipinski definition) is 1. The Balaban J connectivity index is 1.90. The molecule has 32 heavy (non-hydrogen) atoms. The highest BCUT2D eigenvalue weighted by molar-refractivity contribution is 6.27. The predicted molar refractivity (Wildman–Crippen MR) is 118 cm³/mol. The van der Waals surface area contributed by atoms with Gasteiger partial charge in [-0.15, -0.1) is 11.6 Å². The number of ether oxygens (including phenoxy) is 2. The molecule has 7 nitrogen and oxygen atoms in total. The van der Waals surface area contributed by atoms with Gasteiger partial charge in [0.1, 0.15) is 18.0 Å². The van der Waals surface area contributed by atoms with Crippen LogP contribution in [0.2, 0.25) is 0 Å². The fourth-order valence-corrected chi connectivity index (χ4v) is 4.38. The molecule has 1 aliphatic rings. The van der Waals surface area contributed by atoms with Crippen LogP contribution in [0.25, 0.3) is 10.9 Å². The number of carbonyl (C=O) groups excluding carboxylic acids is 3. The number of hydrogen-bond acceptors (Lipinski definition) is 5. The molecule has 1 aliphatic heterocycles. The van der Waals surface area contributed by atoms with Gasteiger partial charge in [0, 0.05) is 23.0 Å². The highest BCUT2D eigenvalue weighted by Gasteiger charge is 2.43. The zero-order valence-corrected chi connectivity index (χ0v) is 17.9. The number of halogens is 1. The number of esters is 2. The fraction of sp³-hybridized carbons (Fsp3) is 0.208. The Kier molecular flexibility index (Phi) is 5.89.